The van der Waals surface area contributed by atoms with Gasteiger partial charge in [-0.2, -0.15) is 0 Å². The van der Waals surface area contributed by atoms with Crippen molar-refractivity contribution in [3.05, 3.63) is 60.2 Å². The Morgan fingerprint density at radius 3 is 1.89 bits per heavy atom. The average Bonchev–Trinajstić information content (AvgIpc) is 2.68. The Bertz CT molecular complexity index is 834. The van der Waals surface area contributed by atoms with Gasteiger partial charge in [0, 0.05) is 32.2 Å². The van der Waals surface area contributed by atoms with Crippen LogP contribution in [-0.4, -0.2) is 31.1 Å². The molecule has 1 saturated heterocycles. The van der Waals surface area contributed by atoms with E-state index in [4.69, 9.17) is 0 Å². The number of piperazine rings is 1. The normalized spacial score (nSPS) is 16.0. The van der Waals surface area contributed by atoms with Gasteiger partial charge >= 0.3 is 0 Å². The second kappa shape index (κ2) is 10.5. The number of hydrogen-bond donors (Lipinski definition) is 1. The Hall–Kier alpha value is -1.32. The average molecular weight is 419 g/mol. The highest BCUT2D eigenvalue weighted by Gasteiger charge is 2.25. The molecule has 4 heteroatoms. The van der Waals surface area contributed by atoms with E-state index in [0.29, 0.717) is 6.04 Å². The molecule has 4 rings (SSSR count). The lowest BCUT2D eigenvalue weighted by Gasteiger charge is -2.37. The Morgan fingerprint density at radius 2 is 1.36 bits per heavy atom. The summed E-state index contributed by atoms with van der Waals surface area (Å²) in [5.74, 6) is 0.738. The van der Waals surface area contributed by atoms with Gasteiger partial charge in [0.1, 0.15) is 0 Å². The Balaban J connectivity index is 0.00000140. The zero-order valence-corrected chi connectivity index (χ0v) is 18.5. The summed E-state index contributed by atoms with van der Waals surface area (Å²) >= 11 is 0. The molecule has 1 aliphatic heterocycles. The Kier molecular flexibility index (Phi) is 8.57. The molecule has 0 aliphatic carbocycles. The fourth-order valence-corrected chi connectivity index (χ4v) is 4.40. The van der Waals surface area contributed by atoms with E-state index in [-0.39, 0.29) is 24.8 Å². The van der Waals surface area contributed by atoms with E-state index in [2.05, 4.69) is 78.7 Å². The SMILES string of the molecule is CC(C)CC[C@@H](c1c2ccccc2cc2ccccc12)N1CCNCC1.Cl.Cl. The van der Waals surface area contributed by atoms with Gasteiger partial charge in [0.15, 0.2) is 0 Å². The van der Waals surface area contributed by atoms with Crippen molar-refractivity contribution in [1.82, 2.24) is 10.2 Å². The first kappa shape index (κ1) is 23.0. The molecule has 152 valence electrons. The van der Waals surface area contributed by atoms with Crippen LogP contribution in [0.2, 0.25) is 0 Å². The van der Waals surface area contributed by atoms with Gasteiger partial charge in [-0.05, 0) is 51.9 Å². The summed E-state index contributed by atoms with van der Waals surface area (Å²) in [6.45, 7) is 9.16. The summed E-state index contributed by atoms with van der Waals surface area (Å²) in [7, 11) is 0. The topological polar surface area (TPSA) is 15.3 Å². The number of rotatable bonds is 5. The zero-order valence-electron chi connectivity index (χ0n) is 16.9. The van der Waals surface area contributed by atoms with Crippen LogP contribution in [0.3, 0.4) is 0 Å². The molecule has 0 spiro atoms. The molecule has 1 N–H and O–H groups in total. The highest BCUT2D eigenvalue weighted by molar-refractivity contribution is 6.02. The maximum Gasteiger partial charge on any atom is 0.0361 e. The molecule has 1 heterocycles. The third kappa shape index (κ3) is 4.80. The van der Waals surface area contributed by atoms with Crippen molar-refractivity contribution in [3.8, 4) is 0 Å². The lowest BCUT2D eigenvalue weighted by molar-refractivity contribution is 0.162. The van der Waals surface area contributed by atoms with Crippen molar-refractivity contribution in [2.24, 2.45) is 5.92 Å². The van der Waals surface area contributed by atoms with Gasteiger partial charge in [0.2, 0.25) is 0 Å². The number of hydrogen-bond acceptors (Lipinski definition) is 2. The number of nitrogens with zero attached hydrogens (tertiary/aromatic N) is 1. The van der Waals surface area contributed by atoms with Crippen molar-refractivity contribution in [2.75, 3.05) is 26.2 Å². The first-order valence-corrected chi connectivity index (χ1v) is 10.1. The van der Waals surface area contributed by atoms with Crippen molar-refractivity contribution in [2.45, 2.75) is 32.7 Å². The van der Waals surface area contributed by atoms with E-state index in [1.807, 2.05) is 0 Å². The van der Waals surface area contributed by atoms with Gasteiger partial charge in [0.25, 0.3) is 0 Å². The van der Waals surface area contributed by atoms with Crippen LogP contribution in [0.25, 0.3) is 21.5 Å². The van der Waals surface area contributed by atoms with Crippen LogP contribution < -0.4 is 5.32 Å². The third-order valence-electron chi connectivity index (χ3n) is 5.76. The summed E-state index contributed by atoms with van der Waals surface area (Å²) in [4.78, 5) is 2.72. The minimum absolute atomic E-state index is 0. The van der Waals surface area contributed by atoms with Crippen molar-refractivity contribution in [1.29, 1.82) is 0 Å². The van der Waals surface area contributed by atoms with Crippen molar-refractivity contribution in [3.63, 3.8) is 0 Å². The monoisotopic (exact) mass is 418 g/mol. The van der Waals surface area contributed by atoms with Crippen LogP contribution in [-0.2, 0) is 0 Å². The number of nitrogens with one attached hydrogen (secondary N) is 1. The quantitative estimate of drug-likeness (QED) is 0.494. The largest absolute Gasteiger partial charge is 0.314 e. The molecule has 0 radical (unpaired) electrons. The Morgan fingerprint density at radius 1 is 0.821 bits per heavy atom. The first-order chi connectivity index (χ1) is 12.7. The van der Waals surface area contributed by atoms with Gasteiger partial charge in [-0.25, -0.2) is 0 Å². The van der Waals surface area contributed by atoms with Crippen LogP contribution in [0.15, 0.2) is 54.6 Å². The highest BCUT2D eigenvalue weighted by atomic mass is 35.5. The molecule has 1 fully saturated rings. The maximum absolute atomic E-state index is 3.52. The van der Waals surface area contributed by atoms with E-state index in [0.717, 1.165) is 32.1 Å². The Labute approximate surface area is 181 Å². The molecular formula is C24H32Cl2N2. The fraction of sp³-hybridized carbons (Fsp3) is 0.417. The van der Waals surface area contributed by atoms with Gasteiger partial charge in [-0.3, -0.25) is 4.90 Å². The van der Waals surface area contributed by atoms with E-state index in [1.165, 1.54) is 34.4 Å². The van der Waals surface area contributed by atoms with E-state index in [9.17, 15) is 0 Å². The number of halogens is 2. The summed E-state index contributed by atoms with van der Waals surface area (Å²) in [6, 6.07) is 20.7. The minimum atomic E-state index is 0. The standard InChI is InChI=1S/C24H30N2.2ClH/c1-18(2)11-12-23(26-15-13-25-14-16-26)24-21-9-5-3-7-19(21)17-20-8-4-6-10-22(20)24;;/h3-10,17-18,23,25H,11-16H2,1-2H3;2*1H/t23-;;/m0../s1. The van der Waals surface area contributed by atoms with Gasteiger partial charge in [-0.15, -0.1) is 24.8 Å². The van der Waals surface area contributed by atoms with Crippen LogP contribution in [0.5, 0.6) is 0 Å². The van der Waals surface area contributed by atoms with E-state index >= 15 is 0 Å². The van der Waals surface area contributed by atoms with E-state index < -0.39 is 0 Å². The van der Waals surface area contributed by atoms with Crippen molar-refractivity contribution < 1.29 is 0 Å². The molecule has 0 amide bonds. The summed E-state index contributed by atoms with van der Waals surface area (Å²) in [6.07, 6.45) is 2.50. The molecule has 3 aromatic carbocycles. The van der Waals surface area contributed by atoms with Crippen LogP contribution in [0.4, 0.5) is 0 Å². The van der Waals surface area contributed by atoms with Crippen LogP contribution in [0, 0.1) is 5.92 Å². The zero-order chi connectivity index (χ0) is 17.9. The predicted molar refractivity (Wildman–Crippen MR) is 127 cm³/mol. The highest BCUT2D eigenvalue weighted by Crippen LogP contribution is 2.38. The summed E-state index contributed by atoms with van der Waals surface area (Å²) in [5, 5.41) is 9.11. The summed E-state index contributed by atoms with van der Waals surface area (Å²) in [5.41, 5.74) is 1.54. The van der Waals surface area contributed by atoms with Gasteiger partial charge in [-0.1, -0.05) is 62.4 Å². The molecular weight excluding hydrogens is 387 g/mol. The molecule has 1 aliphatic rings. The molecule has 28 heavy (non-hydrogen) atoms. The molecule has 0 aromatic heterocycles. The van der Waals surface area contributed by atoms with Gasteiger partial charge < -0.3 is 5.32 Å². The number of benzene rings is 3. The minimum Gasteiger partial charge on any atom is -0.314 e. The smallest absolute Gasteiger partial charge is 0.0361 e. The van der Waals surface area contributed by atoms with Crippen molar-refractivity contribution >= 4 is 46.4 Å². The number of fused-ring (bicyclic) bond motifs is 2. The molecule has 2 nitrogen and oxygen atoms in total. The molecule has 1 atom stereocenters. The second-order valence-corrected chi connectivity index (χ2v) is 8.01. The first-order valence-electron chi connectivity index (χ1n) is 10.1. The van der Waals surface area contributed by atoms with Crippen LogP contribution in [0.1, 0.15) is 38.3 Å². The molecule has 3 aromatic rings. The van der Waals surface area contributed by atoms with Crippen LogP contribution >= 0.6 is 24.8 Å². The summed E-state index contributed by atoms with van der Waals surface area (Å²) < 4.78 is 0. The lowest BCUT2D eigenvalue weighted by atomic mass is 9.88. The van der Waals surface area contributed by atoms with E-state index in [1.54, 1.807) is 5.56 Å². The lowest BCUT2D eigenvalue weighted by Crippen LogP contribution is -2.45. The molecule has 0 unspecified atom stereocenters. The maximum atomic E-state index is 3.52. The van der Waals surface area contributed by atoms with Gasteiger partial charge in [0.05, 0.1) is 0 Å². The third-order valence-corrected chi connectivity index (χ3v) is 5.76. The molecule has 0 saturated carbocycles. The predicted octanol–water partition coefficient (Wildman–Crippen LogP) is 6.22. The second-order valence-electron chi connectivity index (χ2n) is 8.01. The fourth-order valence-electron chi connectivity index (χ4n) is 4.40. The molecule has 0 bridgehead atoms.